The Labute approximate surface area is 127 Å². The van der Waals surface area contributed by atoms with Crippen LogP contribution in [0.25, 0.3) is 0 Å². The fraction of sp³-hybridized carbons (Fsp3) is 0.533. The van der Waals surface area contributed by atoms with Crippen molar-refractivity contribution in [3.05, 3.63) is 23.8 Å². The molecular weight excluding hydrogens is 294 g/mol. The van der Waals surface area contributed by atoms with Crippen molar-refractivity contribution in [2.75, 3.05) is 42.6 Å². The van der Waals surface area contributed by atoms with Crippen LogP contribution in [-0.4, -0.2) is 45.0 Å². The molecule has 0 saturated carbocycles. The minimum Gasteiger partial charge on any atom is -0.444 e. The highest BCUT2D eigenvalue weighted by Gasteiger charge is 2.32. The Morgan fingerprint density at radius 2 is 1.86 bits per heavy atom. The number of rotatable bonds is 3. The number of hydrogen-bond acceptors (Lipinski definition) is 4. The normalized spacial score (nSPS) is 22.1. The maximum atomic E-state index is 14.4. The van der Waals surface area contributed by atoms with Crippen molar-refractivity contribution in [1.82, 2.24) is 0 Å². The lowest BCUT2D eigenvalue weighted by atomic mass is 10.2. The highest BCUT2D eigenvalue weighted by atomic mass is 19.1. The minimum absolute atomic E-state index is 0.0633. The standard InChI is InChI=1S/C15H18F2N2O3/c1-2-11-9-19(15(20)22-11)10-7-12(16)14(13(17)8-10)18-3-5-21-6-4-18/h7-8,11H,2-6,9H2,1H3. The van der Waals surface area contributed by atoms with Crippen LogP contribution in [0.2, 0.25) is 0 Å². The van der Waals surface area contributed by atoms with Gasteiger partial charge in [-0.1, -0.05) is 6.92 Å². The van der Waals surface area contributed by atoms with Gasteiger partial charge in [0.05, 0.1) is 25.4 Å². The summed E-state index contributed by atoms with van der Waals surface area (Å²) in [6.07, 6.45) is -0.138. The lowest BCUT2D eigenvalue weighted by molar-refractivity contribution is 0.122. The Morgan fingerprint density at radius 1 is 1.23 bits per heavy atom. The number of carbonyl (C=O) groups excluding carboxylic acids is 1. The lowest BCUT2D eigenvalue weighted by Crippen LogP contribution is -2.37. The first-order valence-corrected chi connectivity index (χ1v) is 7.40. The molecule has 0 spiro atoms. The number of carbonyl (C=O) groups is 1. The van der Waals surface area contributed by atoms with E-state index in [1.165, 1.54) is 17.0 Å². The molecule has 0 bridgehead atoms. The zero-order valence-electron chi connectivity index (χ0n) is 12.3. The van der Waals surface area contributed by atoms with E-state index in [4.69, 9.17) is 9.47 Å². The monoisotopic (exact) mass is 312 g/mol. The van der Waals surface area contributed by atoms with Gasteiger partial charge in [-0.15, -0.1) is 0 Å². The maximum Gasteiger partial charge on any atom is 0.414 e. The second-order valence-electron chi connectivity index (χ2n) is 5.38. The van der Waals surface area contributed by atoms with E-state index in [-0.39, 0.29) is 17.5 Å². The van der Waals surface area contributed by atoms with Crippen LogP contribution in [0.1, 0.15) is 13.3 Å². The number of cyclic esters (lactones) is 1. The third-order valence-electron chi connectivity index (χ3n) is 3.97. The first kappa shape index (κ1) is 15.0. The molecule has 5 nitrogen and oxygen atoms in total. The van der Waals surface area contributed by atoms with Crippen molar-refractivity contribution in [3.63, 3.8) is 0 Å². The second kappa shape index (κ2) is 6.08. The molecule has 0 aliphatic carbocycles. The average molecular weight is 312 g/mol. The number of ether oxygens (including phenoxy) is 2. The zero-order chi connectivity index (χ0) is 15.7. The van der Waals surface area contributed by atoms with Gasteiger partial charge >= 0.3 is 6.09 Å². The van der Waals surface area contributed by atoms with Crippen LogP contribution in [0, 0.1) is 11.6 Å². The molecule has 0 aromatic heterocycles. The minimum atomic E-state index is -0.676. The summed E-state index contributed by atoms with van der Waals surface area (Å²) < 4.78 is 39.0. The van der Waals surface area contributed by atoms with Crippen LogP contribution in [0.5, 0.6) is 0 Å². The van der Waals surface area contributed by atoms with E-state index in [2.05, 4.69) is 0 Å². The predicted molar refractivity (Wildman–Crippen MR) is 77.3 cm³/mol. The molecule has 0 N–H and O–H groups in total. The van der Waals surface area contributed by atoms with Crippen molar-refractivity contribution in [3.8, 4) is 0 Å². The van der Waals surface area contributed by atoms with Gasteiger partial charge in [-0.05, 0) is 6.42 Å². The van der Waals surface area contributed by atoms with E-state index in [9.17, 15) is 13.6 Å². The molecule has 120 valence electrons. The van der Waals surface area contributed by atoms with Crippen molar-refractivity contribution < 1.29 is 23.0 Å². The van der Waals surface area contributed by atoms with Crippen LogP contribution >= 0.6 is 0 Å². The van der Waals surface area contributed by atoms with E-state index in [1.807, 2.05) is 6.92 Å². The Balaban J connectivity index is 1.87. The number of hydrogen-bond donors (Lipinski definition) is 0. The first-order valence-electron chi connectivity index (χ1n) is 7.40. The molecule has 1 amide bonds. The summed E-state index contributed by atoms with van der Waals surface area (Å²) in [4.78, 5) is 14.7. The molecule has 1 atom stereocenters. The number of morpholine rings is 1. The number of nitrogens with zero attached hydrogens (tertiary/aromatic N) is 2. The van der Waals surface area contributed by atoms with E-state index in [0.717, 1.165) is 0 Å². The molecule has 2 heterocycles. The van der Waals surface area contributed by atoms with Gasteiger partial charge in [-0.25, -0.2) is 13.6 Å². The van der Waals surface area contributed by atoms with E-state index in [1.54, 1.807) is 4.90 Å². The Kier molecular flexibility index (Phi) is 4.15. The summed E-state index contributed by atoms with van der Waals surface area (Å²) in [6.45, 7) is 3.97. The van der Waals surface area contributed by atoms with Crippen molar-refractivity contribution in [2.45, 2.75) is 19.4 Å². The average Bonchev–Trinajstić information content (AvgIpc) is 2.89. The Morgan fingerprint density at radius 3 is 2.41 bits per heavy atom. The van der Waals surface area contributed by atoms with Gasteiger partial charge < -0.3 is 14.4 Å². The van der Waals surface area contributed by atoms with Gasteiger partial charge in [0, 0.05) is 25.2 Å². The maximum absolute atomic E-state index is 14.4. The number of benzene rings is 1. The molecule has 1 aromatic rings. The van der Waals surface area contributed by atoms with Crippen LogP contribution in [0.4, 0.5) is 25.0 Å². The lowest BCUT2D eigenvalue weighted by Gasteiger charge is -2.29. The van der Waals surface area contributed by atoms with Crippen LogP contribution < -0.4 is 9.80 Å². The van der Waals surface area contributed by atoms with Gasteiger partial charge in [0.2, 0.25) is 0 Å². The molecule has 2 aliphatic heterocycles. The molecule has 7 heteroatoms. The summed E-state index contributed by atoms with van der Waals surface area (Å²) in [5.41, 5.74) is 0.125. The zero-order valence-corrected chi connectivity index (χ0v) is 12.3. The van der Waals surface area contributed by atoms with Gasteiger partial charge in [0.1, 0.15) is 11.8 Å². The Hall–Kier alpha value is -1.89. The smallest absolute Gasteiger partial charge is 0.414 e. The van der Waals surface area contributed by atoms with E-state index in [0.29, 0.717) is 39.3 Å². The molecule has 2 saturated heterocycles. The van der Waals surface area contributed by atoms with Gasteiger partial charge in [-0.2, -0.15) is 0 Å². The van der Waals surface area contributed by atoms with Gasteiger partial charge in [0.15, 0.2) is 11.6 Å². The molecule has 1 aromatic carbocycles. The highest BCUT2D eigenvalue weighted by Crippen LogP contribution is 2.31. The third kappa shape index (κ3) is 2.72. The van der Waals surface area contributed by atoms with Gasteiger partial charge in [0.25, 0.3) is 0 Å². The number of amides is 1. The molecule has 1 unspecified atom stereocenters. The molecule has 0 radical (unpaired) electrons. The first-order chi connectivity index (χ1) is 10.6. The molecule has 22 heavy (non-hydrogen) atoms. The number of anilines is 2. The van der Waals surface area contributed by atoms with E-state index < -0.39 is 17.7 Å². The highest BCUT2D eigenvalue weighted by molar-refractivity contribution is 5.90. The van der Waals surface area contributed by atoms with Gasteiger partial charge in [-0.3, -0.25) is 4.90 Å². The molecule has 3 rings (SSSR count). The quantitative estimate of drug-likeness (QED) is 0.860. The Bertz CT molecular complexity index is 553. The fourth-order valence-corrected chi connectivity index (χ4v) is 2.74. The predicted octanol–water partition coefficient (Wildman–Crippen LogP) is 2.54. The number of halogens is 2. The topological polar surface area (TPSA) is 42.0 Å². The van der Waals surface area contributed by atoms with Crippen molar-refractivity contribution in [2.24, 2.45) is 0 Å². The van der Waals surface area contributed by atoms with Crippen LogP contribution in [-0.2, 0) is 9.47 Å². The SMILES string of the molecule is CCC1CN(c2cc(F)c(N3CCOCC3)c(F)c2)C(=O)O1. The third-order valence-corrected chi connectivity index (χ3v) is 3.97. The molecule has 2 aliphatic rings. The van der Waals surface area contributed by atoms with Crippen LogP contribution in [0.3, 0.4) is 0 Å². The molecule has 2 fully saturated rings. The summed E-state index contributed by atoms with van der Waals surface area (Å²) in [5, 5.41) is 0. The summed E-state index contributed by atoms with van der Waals surface area (Å²) in [6, 6.07) is 2.38. The van der Waals surface area contributed by atoms with Crippen molar-refractivity contribution in [1.29, 1.82) is 0 Å². The summed E-state index contributed by atoms with van der Waals surface area (Å²) in [7, 11) is 0. The van der Waals surface area contributed by atoms with Crippen molar-refractivity contribution >= 4 is 17.5 Å². The molecular formula is C15H18F2N2O3. The summed E-state index contributed by atoms with van der Waals surface area (Å²) in [5.74, 6) is -1.35. The van der Waals surface area contributed by atoms with Crippen LogP contribution in [0.15, 0.2) is 12.1 Å². The fourth-order valence-electron chi connectivity index (χ4n) is 2.74. The largest absolute Gasteiger partial charge is 0.444 e. The summed E-state index contributed by atoms with van der Waals surface area (Å²) >= 11 is 0. The second-order valence-corrected chi connectivity index (χ2v) is 5.38. The van der Waals surface area contributed by atoms with E-state index >= 15 is 0 Å².